The Morgan fingerprint density at radius 2 is 1.62 bits per heavy atom. The summed E-state index contributed by atoms with van der Waals surface area (Å²) in [7, 11) is 0. The van der Waals surface area contributed by atoms with E-state index in [1.807, 2.05) is 23.8 Å². The van der Waals surface area contributed by atoms with Crippen molar-refractivity contribution in [1.82, 2.24) is 29.5 Å². The summed E-state index contributed by atoms with van der Waals surface area (Å²) in [5.74, 6) is 1.16. The molecule has 0 spiro atoms. The molecule has 1 atom stereocenters. The predicted molar refractivity (Wildman–Crippen MR) is 140 cm³/mol. The number of halogens is 1. The summed E-state index contributed by atoms with van der Waals surface area (Å²) in [5, 5.41) is 16.5. The number of rotatable bonds is 5. The second-order valence-electron chi connectivity index (χ2n) is 9.21. The van der Waals surface area contributed by atoms with E-state index in [0.29, 0.717) is 17.1 Å². The van der Waals surface area contributed by atoms with Crippen LogP contribution in [0.1, 0.15) is 23.1 Å². The molecule has 37 heavy (non-hydrogen) atoms. The van der Waals surface area contributed by atoms with Crippen molar-refractivity contribution < 1.29 is 9.50 Å². The van der Waals surface area contributed by atoms with Crippen LogP contribution in [0.5, 0.6) is 0 Å². The van der Waals surface area contributed by atoms with E-state index in [4.69, 9.17) is 0 Å². The van der Waals surface area contributed by atoms with Crippen LogP contribution in [0.25, 0.3) is 16.0 Å². The van der Waals surface area contributed by atoms with Crippen molar-refractivity contribution in [2.45, 2.75) is 19.4 Å². The average Bonchev–Trinajstić information content (AvgIpc) is 3.55. The van der Waals surface area contributed by atoms with Gasteiger partial charge in [0.05, 0.1) is 9.88 Å². The van der Waals surface area contributed by atoms with Gasteiger partial charge >= 0.3 is 0 Å². The predicted octanol–water partition coefficient (Wildman–Crippen LogP) is 3.67. The fourth-order valence-electron chi connectivity index (χ4n) is 4.59. The van der Waals surface area contributed by atoms with Gasteiger partial charge in [0.2, 0.25) is 5.95 Å². The van der Waals surface area contributed by atoms with Crippen LogP contribution in [0.2, 0.25) is 0 Å². The van der Waals surface area contributed by atoms with E-state index in [-0.39, 0.29) is 5.82 Å². The number of aromatic nitrogens is 6. The summed E-state index contributed by atoms with van der Waals surface area (Å²) in [6, 6.07) is 7.92. The second kappa shape index (κ2) is 9.16. The van der Waals surface area contributed by atoms with Crippen molar-refractivity contribution in [1.29, 1.82) is 0 Å². The molecule has 0 aliphatic carbocycles. The van der Waals surface area contributed by atoms with Gasteiger partial charge in [-0.15, -0.1) is 11.3 Å². The van der Waals surface area contributed by atoms with Crippen LogP contribution in [-0.2, 0) is 5.60 Å². The maximum atomic E-state index is 13.3. The molecule has 188 valence electrons. The molecule has 4 aromatic heterocycles. The summed E-state index contributed by atoms with van der Waals surface area (Å²) >= 11 is 1.66. The van der Waals surface area contributed by atoms with Gasteiger partial charge in [-0.05, 0) is 37.6 Å². The van der Waals surface area contributed by atoms with Crippen molar-refractivity contribution >= 4 is 28.6 Å². The number of aliphatic hydroxyl groups is 1. The van der Waals surface area contributed by atoms with Crippen molar-refractivity contribution in [2.75, 3.05) is 36.0 Å². The number of hydrogen-bond acceptors (Lipinski definition) is 9. The highest BCUT2D eigenvalue weighted by atomic mass is 32.1. The molecule has 1 saturated heterocycles. The average molecular weight is 517 g/mol. The minimum absolute atomic E-state index is 0.347. The first kappa shape index (κ1) is 23.4. The molecule has 0 amide bonds. The zero-order valence-electron chi connectivity index (χ0n) is 20.4. The smallest absolute Gasteiger partial charge is 0.225 e. The number of benzene rings is 1. The normalized spacial score (nSPS) is 15.8. The molecule has 1 fully saturated rings. The fraction of sp³-hybridized carbons (Fsp3) is 0.269. The van der Waals surface area contributed by atoms with Gasteiger partial charge in [0, 0.05) is 62.1 Å². The van der Waals surface area contributed by atoms with Gasteiger partial charge in [-0.1, -0.05) is 12.1 Å². The van der Waals surface area contributed by atoms with Crippen molar-refractivity contribution in [3.63, 3.8) is 0 Å². The Balaban J connectivity index is 1.17. The molecular weight excluding hydrogens is 491 g/mol. The number of anilines is 2. The monoisotopic (exact) mass is 516 g/mol. The summed E-state index contributed by atoms with van der Waals surface area (Å²) in [6.45, 7) is 6.62. The first-order valence-corrected chi connectivity index (χ1v) is 12.8. The number of thiazole rings is 1. The third kappa shape index (κ3) is 4.40. The first-order valence-electron chi connectivity index (χ1n) is 12.0. The lowest BCUT2D eigenvalue weighted by Gasteiger charge is -2.35. The molecule has 1 aliphatic heterocycles. The summed E-state index contributed by atoms with van der Waals surface area (Å²) in [5.41, 5.74) is 1.84. The highest BCUT2D eigenvalue weighted by molar-refractivity contribution is 7.15. The number of fused-ring (bicyclic) bond motifs is 1. The van der Waals surface area contributed by atoms with Gasteiger partial charge in [0.15, 0.2) is 5.82 Å². The van der Waals surface area contributed by atoms with Gasteiger partial charge in [-0.2, -0.15) is 5.10 Å². The molecule has 9 nitrogen and oxygen atoms in total. The van der Waals surface area contributed by atoms with Crippen LogP contribution in [0.3, 0.4) is 0 Å². The van der Waals surface area contributed by atoms with E-state index in [1.165, 1.54) is 12.1 Å². The highest BCUT2D eigenvalue weighted by Crippen LogP contribution is 2.31. The van der Waals surface area contributed by atoms with E-state index in [2.05, 4.69) is 40.9 Å². The lowest BCUT2D eigenvalue weighted by Crippen LogP contribution is -2.47. The van der Waals surface area contributed by atoms with E-state index in [9.17, 15) is 9.50 Å². The van der Waals surface area contributed by atoms with Gasteiger partial charge < -0.3 is 14.9 Å². The molecule has 1 N–H and O–H groups in total. The number of piperazine rings is 1. The summed E-state index contributed by atoms with van der Waals surface area (Å²) in [6.07, 6.45) is 8.76. The Morgan fingerprint density at radius 1 is 0.919 bits per heavy atom. The van der Waals surface area contributed by atoms with E-state index in [0.717, 1.165) is 53.0 Å². The molecule has 1 aromatic carbocycles. The Bertz CT molecular complexity index is 1540. The lowest BCUT2D eigenvalue weighted by molar-refractivity contribution is 0.101. The Hall–Kier alpha value is -3.96. The molecule has 1 aliphatic rings. The largest absolute Gasteiger partial charge is 0.381 e. The van der Waals surface area contributed by atoms with Crippen molar-refractivity contribution in [2.24, 2.45) is 0 Å². The van der Waals surface area contributed by atoms with Gasteiger partial charge in [0.1, 0.15) is 23.3 Å². The lowest BCUT2D eigenvalue weighted by atomic mass is 9.90. The molecule has 11 heteroatoms. The van der Waals surface area contributed by atoms with Crippen LogP contribution >= 0.6 is 11.3 Å². The third-order valence-electron chi connectivity index (χ3n) is 6.76. The van der Waals surface area contributed by atoms with E-state index in [1.54, 1.807) is 49.1 Å². The highest BCUT2D eigenvalue weighted by Gasteiger charge is 2.28. The minimum atomic E-state index is -1.32. The summed E-state index contributed by atoms with van der Waals surface area (Å²) < 4.78 is 15.2. The first-order chi connectivity index (χ1) is 17.9. The SMILES string of the molecule is Cc1ncc(-c2cc3c(N4CCN(c5ncc(C(C)(O)c6ccc(F)cc6)cn5)CC4)ncnn3c2)s1. The Morgan fingerprint density at radius 3 is 2.30 bits per heavy atom. The maximum absolute atomic E-state index is 13.3. The molecule has 1 unspecified atom stereocenters. The quantitative estimate of drug-likeness (QED) is 0.378. The van der Waals surface area contributed by atoms with E-state index < -0.39 is 5.60 Å². The van der Waals surface area contributed by atoms with Crippen molar-refractivity contribution in [3.8, 4) is 10.4 Å². The zero-order chi connectivity index (χ0) is 25.6. The van der Waals surface area contributed by atoms with Crippen LogP contribution in [0.15, 0.2) is 61.4 Å². The topological polar surface area (TPSA) is 95.6 Å². The second-order valence-corrected chi connectivity index (χ2v) is 10.4. The summed E-state index contributed by atoms with van der Waals surface area (Å²) in [4.78, 5) is 23.5. The molecule has 0 radical (unpaired) electrons. The van der Waals surface area contributed by atoms with Crippen molar-refractivity contribution in [3.05, 3.63) is 83.4 Å². The zero-order valence-corrected chi connectivity index (χ0v) is 21.2. The Labute approximate surface area is 216 Å². The standard InChI is InChI=1S/C26H25FN8OS/c1-17-28-14-23(37-17)18-11-22-24(31-16-32-35(22)15-18)33-7-9-34(10-8-33)25-29-12-20(13-30-25)26(2,36)19-3-5-21(27)6-4-19/h3-6,11-16,36H,7-10H2,1-2H3. The van der Waals surface area contributed by atoms with Crippen LogP contribution in [-0.4, -0.2) is 60.8 Å². The molecule has 6 rings (SSSR count). The molecule has 5 aromatic rings. The van der Waals surface area contributed by atoms with Gasteiger partial charge in [-0.3, -0.25) is 0 Å². The fourth-order valence-corrected chi connectivity index (χ4v) is 5.34. The number of aryl methyl sites for hydroxylation is 1. The minimum Gasteiger partial charge on any atom is -0.381 e. The van der Waals surface area contributed by atoms with Crippen LogP contribution in [0.4, 0.5) is 16.2 Å². The van der Waals surface area contributed by atoms with E-state index >= 15 is 0 Å². The molecule has 0 bridgehead atoms. The number of hydrogen-bond donors (Lipinski definition) is 1. The van der Waals surface area contributed by atoms with Gasteiger partial charge in [0.25, 0.3) is 0 Å². The molecule has 5 heterocycles. The maximum Gasteiger partial charge on any atom is 0.225 e. The molecular formula is C26H25FN8OS. The van der Waals surface area contributed by atoms with Crippen LogP contribution in [0, 0.1) is 12.7 Å². The Kier molecular flexibility index (Phi) is 5.81. The molecule has 0 saturated carbocycles. The number of nitrogens with zero attached hydrogens (tertiary/aromatic N) is 8. The van der Waals surface area contributed by atoms with Crippen LogP contribution < -0.4 is 9.80 Å². The third-order valence-corrected chi connectivity index (χ3v) is 7.72. The van der Waals surface area contributed by atoms with Gasteiger partial charge in [-0.25, -0.2) is 28.8 Å².